The van der Waals surface area contributed by atoms with Crippen LogP contribution in [0.15, 0.2) is 73.3 Å². The highest BCUT2D eigenvalue weighted by Crippen LogP contribution is 2.40. The maximum atomic E-state index is 12.9. The van der Waals surface area contributed by atoms with Gasteiger partial charge in [-0.1, -0.05) is 42.5 Å². The van der Waals surface area contributed by atoms with Gasteiger partial charge in [0.15, 0.2) is 0 Å². The Labute approximate surface area is 192 Å². The van der Waals surface area contributed by atoms with Crippen LogP contribution in [0.2, 0.25) is 5.02 Å². The van der Waals surface area contributed by atoms with E-state index in [0.29, 0.717) is 35.8 Å². The summed E-state index contributed by atoms with van der Waals surface area (Å²) in [5, 5.41) is 11.3. The van der Waals surface area contributed by atoms with Crippen molar-refractivity contribution in [2.24, 2.45) is 0 Å². The van der Waals surface area contributed by atoms with Gasteiger partial charge >= 0.3 is 0 Å². The summed E-state index contributed by atoms with van der Waals surface area (Å²) in [5.74, 6) is -0.708. The Morgan fingerprint density at radius 3 is 2.44 bits per heavy atom. The lowest BCUT2D eigenvalue weighted by Crippen LogP contribution is -2.29. The second-order valence-electron chi connectivity index (χ2n) is 6.99. The number of hydrogen-bond acceptors (Lipinski definition) is 5. The van der Waals surface area contributed by atoms with Crippen molar-refractivity contribution in [3.63, 3.8) is 0 Å². The van der Waals surface area contributed by atoms with Gasteiger partial charge in [0, 0.05) is 12.1 Å². The number of halogens is 1. The lowest BCUT2D eigenvalue weighted by molar-refractivity contribution is -0.139. The molecule has 0 radical (unpaired) electrons. The number of carbonyl (C=O) groups is 2. The minimum atomic E-state index is -0.785. The summed E-state index contributed by atoms with van der Waals surface area (Å²) in [4.78, 5) is 27.0. The molecule has 3 rings (SSSR count). The van der Waals surface area contributed by atoms with Gasteiger partial charge in [0.25, 0.3) is 11.7 Å². The topological polar surface area (TPSA) is 76.1 Å². The Morgan fingerprint density at radius 1 is 1.12 bits per heavy atom. The lowest BCUT2D eigenvalue weighted by Gasteiger charge is -2.24. The fourth-order valence-electron chi connectivity index (χ4n) is 3.53. The summed E-state index contributed by atoms with van der Waals surface area (Å²) in [6, 6.07) is 10.9. The van der Waals surface area contributed by atoms with Gasteiger partial charge in [-0.2, -0.15) is 0 Å². The molecular weight excluding hydrogens is 430 g/mol. The fraction of sp³-hybridized carbons (Fsp3) is 0.200. The van der Waals surface area contributed by atoms with Crippen molar-refractivity contribution in [3.8, 4) is 11.5 Å². The van der Waals surface area contributed by atoms with Crippen LogP contribution in [-0.2, 0) is 9.59 Å². The van der Waals surface area contributed by atoms with Gasteiger partial charge in [0.05, 0.1) is 23.2 Å². The third-order valence-electron chi connectivity index (χ3n) is 4.93. The molecule has 0 spiro atoms. The van der Waals surface area contributed by atoms with Gasteiger partial charge < -0.3 is 19.5 Å². The number of hydrogen-bond donors (Lipinski definition) is 1. The number of ether oxygens (including phenoxy) is 2. The summed E-state index contributed by atoms with van der Waals surface area (Å²) in [6.45, 7) is 10.1. The highest BCUT2D eigenvalue weighted by Gasteiger charge is 2.45. The number of aliphatic hydroxyl groups is 1. The third-order valence-corrected chi connectivity index (χ3v) is 5.23. The van der Waals surface area contributed by atoms with Crippen LogP contribution in [0.3, 0.4) is 0 Å². The summed E-state index contributed by atoms with van der Waals surface area (Å²) in [6.07, 6.45) is 3.17. The van der Waals surface area contributed by atoms with E-state index in [1.165, 1.54) is 17.0 Å². The molecule has 1 saturated heterocycles. The fourth-order valence-corrected chi connectivity index (χ4v) is 3.77. The van der Waals surface area contributed by atoms with E-state index in [1.54, 1.807) is 42.5 Å². The highest BCUT2D eigenvalue weighted by atomic mass is 35.5. The Kier molecular flexibility index (Phi) is 7.38. The largest absolute Gasteiger partial charge is 0.507 e. The molecule has 0 saturated carbocycles. The zero-order chi connectivity index (χ0) is 23.3. The number of amides is 1. The third kappa shape index (κ3) is 4.55. The van der Waals surface area contributed by atoms with Gasteiger partial charge in [-0.25, -0.2) is 0 Å². The lowest BCUT2D eigenvalue weighted by atomic mass is 9.95. The van der Waals surface area contributed by atoms with E-state index in [2.05, 4.69) is 13.2 Å². The first-order valence-corrected chi connectivity index (χ1v) is 10.5. The minimum absolute atomic E-state index is 0.0168. The SMILES string of the molecule is C=CCOc1ccc(C2/C(=C(\O)c3ccc(OCC)c(Cl)c3)C(=O)C(=O)N2CC=C)cc1. The van der Waals surface area contributed by atoms with Crippen molar-refractivity contribution in [3.05, 3.63) is 89.5 Å². The van der Waals surface area contributed by atoms with Crippen molar-refractivity contribution in [1.29, 1.82) is 0 Å². The van der Waals surface area contributed by atoms with E-state index in [-0.39, 0.29) is 22.9 Å². The molecule has 2 aromatic carbocycles. The minimum Gasteiger partial charge on any atom is -0.507 e. The van der Waals surface area contributed by atoms with Crippen LogP contribution < -0.4 is 9.47 Å². The first kappa shape index (κ1) is 23.2. The van der Waals surface area contributed by atoms with Crippen LogP contribution in [0.5, 0.6) is 11.5 Å². The molecule has 6 nitrogen and oxygen atoms in total. The monoisotopic (exact) mass is 453 g/mol. The molecule has 1 heterocycles. The van der Waals surface area contributed by atoms with Crippen LogP contribution in [0.1, 0.15) is 24.1 Å². The van der Waals surface area contributed by atoms with Crippen LogP contribution in [-0.4, -0.2) is 41.5 Å². The molecule has 0 aromatic heterocycles. The molecule has 0 bridgehead atoms. The van der Waals surface area contributed by atoms with Gasteiger partial charge in [-0.3, -0.25) is 9.59 Å². The Hall–Kier alpha value is -3.51. The molecule has 166 valence electrons. The zero-order valence-electron chi connectivity index (χ0n) is 17.7. The predicted molar refractivity (Wildman–Crippen MR) is 124 cm³/mol. The van der Waals surface area contributed by atoms with Crippen molar-refractivity contribution in [2.75, 3.05) is 19.8 Å². The Balaban J connectivity index is 2.09. The second kappa shape index (κ2) is 10.2. The van der Waals surface area contributed by atoms with E-state index in [9.17, 15) is 14.7 Å². The zero-order valence-corrected chi connectivity index (χ0v) is 18.5. The van der Waals surface area contributed by atoms with Crippen molar-refractivity contribution >= 4 is 29.1 Å². The molecule has 1 amide bonds. The molecular formula is C25H24ClNO5. The summed E-state index contributed by atoms with van der Waals surface area (Å²) in [7, 11) is 0. The quantitative estimate of drug-likeness (QED) is 0.252. The highest BCUT2D eigenvalue weighted by molar-refractivity contribution is 6.46. The number of likely N-dealkylation sites (tertiary alicyclic amines) is 1. The normalized spacial score (nSPS) is 17.3. The Morgan fingerprint density at radius 2 is 1.84 bits per heavy atom. The number of Topliss-reactive ketones (excluding diaryl/α,β-unsaturated/α-hetero) is 1. The van der Waals surface area contributed by atoms with E-state index in [1.807, 2.05) is 6.92 Å². The molecule has 1 N–H and O–H groups in total. The second-order valence-corrected chi connectivity index (χ2v) is 7.39. The van der Waals surface area contributed by atoms with Crippen LogP contribution in [0.4, 0.5) is 0 Å². The Bertz CT molecular complexity index is 1070. The molecule has 1 unspecified atom stereocenters. The predicted octanol–water partition coefficient (Wildman–Crippen LogP) is 4.91. The standard InChI is InChI=1S/C25H24ClNO5/c1-4-13-27-22(16-7-10-18(11-8-16)32-14-5-2)21(24(29)25(27)30)23(28)17-9-12-20(31-6-3)19(26)15-17/h4-5,7-12,15,22,28H,1-2,6,13-14H2,3H3/b23-21+. The average Bonchev–Trinajstić information content (AvgIpc) is 3.04. The molecule has 1 atom stereocenters. The number of aliphatic hydroxyl groups excluding tert-OH is 1. The molecule has 1 aliphatic heterocycles. The number of benzene rings is 2. The van der Waals surface area contributed by atoms with E-state index in [0.717, 1.165) is 0 Å². The maximum absolute atomic E-state index is 12.9. The van der Waals surface area contributed by atoms with Crippen LogP contribution in [0.25, 0.3) is 5.76 Å². The average molecular weight is 454 g/mol. The molecule has 7 heteroatoms. The van der Waals surface area contributed by atoms with Crippen LogP contribution in [0, 0.1) is 0 Å². The van der Waals surface area contributed by atoms with Crippen molar-refractivity contribution < 1.29 is 24.2 Å². The molecule has 32 heavy (non-hydrogen) atoms. The van der Waals surface area contributed by atoms with E-state index < -0.39 is 17.7 Å². The number of nitrogens with zero attached hydrogens (tertiary/aromatic N) is 1. The molecule has 2 aromatic rings. The first-order chi connectivity index (χ1) is 15.4. The van der Waals surface area contributed by atoms with E-state index >= 15 is 0 Å². The molecule has 0 aliphatic carbocycles. The van der Waals surface area contributed by atoms with Gasteiger partial charge in [-0.15, -0.1) is 6.58 Å². The summed E-state index contributed by atoms with van der Waals surface area (Å²) >= 11 is 6.26. The van der Waals surface area contributed by atoms with Gasteiger partial charge in [0.1, 0.15) is 23.9 Å². The molecule has 1 fully saturated rings. The number of ketones is 1. The van der Waals surface area contributed by atoms with Crippen molar-refractivity contribution in [2.45, 2.75) is 13.0 Å². The summed E-state index contributed by atoms with van der Waals surface area (Å²) < 4.78 is 10.9. The number of carbonyl (C=O) groups excluding carboxylic acids is 2. The van der Waals surface area contributed by atoms with Gasteiger partial charge in [0.2, 0.25) is 0 Å². The number of rotatable bonds is 9. The smallest absolute Gasteiger partial charge is 0.295 e. The van der Waals surface area contributed by atoms with Crippen molar-refractivity contribution in [1.82, 2.24) is 4.90 Å². The van der Waals surface area contributed by atoms with E-state index in [4.69, 9.17) is 21.1 Å². The van der Waals surface area contributed by atoms with Gasteiger partial charge in [-0.05, 0) is 42.8 Å². The maximum Gasteiger partial charge on any atom is 0.295 e. The first-order valence-electron chi connectivity index (χ1n) is 10.1. The molecule has 1 aliphatic rings. The summed E-state index contributed by atoms with van der Waals surface area (Å²) in [5.41, 5.74) is 0.943. The van der Waals surface area contributed by atoms with Crippen LogP contribution >= 0.6 is 11.6 Å².